The largest absolute Gasteiger partial charge is 0.336 e. The van der Waals surface area contributed by atoms with E-state index >= 15 is 0 Å². The highest BCUT2D eigenvalue weighted by atomic mass is 16.2. The molecule has 0 bridgehead atoms. The number of anilines is 1. The summed E-state index contributed by atoms with van der Waals surface area (Å²) in [5, 5.41) is 17.8. The van der Waals surface area contributed by atoms with Crippen molar-refractivity contribution in [3.63, 3.8) is 0 Å². The van der Waals surface area contributed by atoms with Crippen molar-refractivity contribution in [3.05, 3.63) is 107 Å². The van der Waals surface area contributed by atoms with E-state index in [9.17, 15) is 9.59 Å². The Morgan fingerprint density at radius 3 is 2.16 bits per heavy atom. The molecule has 1 saturated heterocycles. The smallest absolute Gasteiger partial charge is 0.275 e. The van der Waals surface area contributed by atoms with Crippen molar-refractivity contribution in [2.24, 2.45) is 0 Å². The van der Waals surface area contributed by atoms with Gasteiger partial charge in [0.2, 0.25) is 5.95 Å². The molecule has 6 rings (SSSR count). The van der Waals surface area contributed by atoms with E-state index in [2.05, 4.69) is 25.5 Å². The Labute approximate surface area is 212 Å². The van der Waals surface area contributed by atoms with Gasteiger partial charge >= 0.3 is 0 Å². The fraction of sp³-hybridized carbons (Fsp3) is 0.185. The van der Waals surface area contributed by atoms with Crippen LogP contribution >= 0.6 is 0 Å². The van der Waals surface area contributed by atoms with Crippen LogP contribution in [-0.4, -0.2) is 67.0 Å². The van der Waals surface area contributed by atoms with Crippen molar-refractivity contribution < 1.29 is 4.79 Å². The molecule has 0 atom stereocenters. The summed E-state index contributed by atoms with van der Waals surface area (Å²) in [5.74, 6) is 0.443. The second kappa shape index (κ2) is 9.65. The molecule has 184 valence electrons. The average Bonchev–Trinajstić information content (AvgIpc) is 3.46. The predicted molar refractivity (Wildman–Crippen MR) is 139 cm³/mol. The fourth-order valence-corrected chi connectivity index (χ4v) is 4.63. The molecule has 3 heterocycles. The van der Waals surface area contributed by atoms with E-state index in [1.54, 1.807) is 27.8 Å². The minimum absolute atomic E-state index is 0.194. The molecule has 1 aliphatic heterocycles. The molecule has 0 spiro atoms. The first-order valence-corrected chi connectivity index (χ1v) is 12.1. The third-order valence-electron chi connectivity index (χ3n) is 6.55. The molecule has 0 unspecified atom stereocenters. The van der Waals surface area contributed by atoms with Gasteiger partial charge in [-0.05, 0) is 34.2 Å². The van der Waals surface area contributed by atoms with Gasteiger partial charge in [0, 0.05) is 31.6 Å². The van der Waals surface area contributed by atoms with Gasteiger partial charge in [0.15, 0.2) is 5.69 Å². The van der Waals surface area contributed by atoms with Crippen LogP contribution in [-0.2, 0) is 6.54 Å². The zero-order chi connectivity index (χ0) is 25.2. The van der Waals surface area contributed by atoms with Crippen molar-refractivity contribution in [3.8, 4) is 5.69 Å². The maximum Gasteiger partial charge on any atom is 0.275 e. The highest BCUT2D eigenvalue weighted by Crippen LogP contribution is 2.20. The molecule has 0 N–H and O–H groups in total. The van der Waals surface area contributed by atoms with E-state index in [-0.39, 0.29) is 17.2 Å². The summed E-state index contributed by atoms with van der Waals surface area (Å²) in [4.78, 5) is 30.7. The summed E-state index contributed by atoms with van der Waals surface area (Å²) >= 11 is 0. The standard InChI is InChI=1S/C27H24N8O2/c36-25-23-14-8-7-13-22(23)24(29-34(25)19-20-9-3-1-4-10-20)26(37)32-15-17-33(18-16-32)27-28-30-31-35(27)21-11-5-2-6-12-21/h1-14H,15-19H2. The summed E-state index contributed by atoms with van der Waals surface area (Å²) < 4.78 is 3.08. The number of hydrogen-bond donors (Lipinski definition) is 0. The first-order valence-electron chi connectivity index (χ1n) is 12.1. The van der Waals surface area contributed by atoms with Gasteiger partial charge < -0.3 is 9.80 Å². The molecular formula is C27H24N8O2. The lowest BCUT2D eigenvalue weighted by Gasteiger charge is -2.34. The molecule has 0 radical (unpaired) electrons. The van der Waals surface area contributed by atoms with Crippen LogP contribution in [0.1, 0.15) is 16.1 Å². The summed E-state index contributed by atoms with van der Waals surface area (Å²) in [6, 6.07) is 26.5. The third-order valence-corrected chi connectivity index (χ3v) is 6.55. The monoisotopic (exact) mass is 492 g/mol. The Balaban J connectivity index is 1.26. The molecule has 1 amide bonds. The Bertz CT molecular complexity index is 1610. The number of amides is 1. The van der Waals surface area contributed by atoms with Crippen molar-refractivity contribution in [1.82, 2.24) is 34.9 Å². The van der Waals surface area contributed by atoms with Gasteiger partial charge in [0.25, 0.3) is 11.5 Å². The zero-order valence-electron chi connectivity index (χ0n) is 20.0. The van der Waals surface area contributed by atoms with E-state index in [1.807, 2.05) is 66.7 Å². The number of aromatic nitrogens is 6. The van der Waals surface area contributed by atoms with Crippen LogP contribution in [0.2, 0.25) is 0 Å². The van der Waals surface area contributed by atoms with E-state index in [4.69, 9.17) is 0 Å². The van der Waals surface area contributed by atoms with Crippen LogP contribution in [0.5, 0.6) is 0 Å². The van der Waals surface area contributed by atoms with Gasteiger partial charge in [-0.1, -0.05) is 71.8 Å². The van der Waals surface area contributed by atoms with Gasteiger partial charge in [-0.15, -0.1) is 0 Å². The van der Waals surface area contributed by atoms with E-state index in [0.717, 1.165) is 11.3 Å². The summed E-state index contributed by atoms with van der Waals surface area (Å²) in [6.45, 7) is 2.39. The van der Waals surface area contributed by atoms with Crippen molar-refractivity contribution in [1.29, 1.82) is 0 Å². The lowest BCUT2D eigenvalue weighted by atomic mass is 10.1. The maximum atomic E-state index is 13.7. The molecule has 37 heavy (non-hydrogen) atoms. The number of fused-ring (bicyclic) bond motifs is 1. The van der Waals surface area contributed by atoms with Gasteiger partial charge in [-0.3, -0.25) is 9.59 Å². The summed E-state index contributed by atoms with van der Waals surface area (Å²) in [5.41, 5.74) is 1.88. The number of piperazine rings is 1. The van der Waals surface area contributed by atoms with Crippen LogP contribution in [0.15, 0.2) is 89.7 Å². The Morgan fingerprint density at radius 2 is 1.43 bits per heavy atom. The second-order valence-electron chi connectivity index (χ2n) is 8.85. The predicted octanol–water partition coefficient (Wildman–Crippen LogP) is 2.38. The topological polar surface area (TPSA) is 102 Å². The lowest BCUT2D eigenvalue weighted by molar-refractivity contribution is 0.0739. The van der Waals surface area contributed by atoms with Crippen molar-refractivity contribution in [2.45, 2.75) is 6.54 Å². The Kier molecular flexibility index (Phi) is 5.89. The molecule has 10 nitrogen and oxygen atoms in total. The fourth-order valence-electron chi connectivity index (χ4n) is 4.63. The first kappa shape index (κ1) is 22.6. The van der Waals surface area contributed by atoms with Gasteiger partial charge in [0.05, 0.1) is 17.6 Å². The van der Waals surface area contributed by atoms with Crippen LogP contribution < -0.4 is 10.5 Å². The minimum atomic E-state index is -0.214. The second-order valence-corrected chi connectivity index (χ2v) is 8.85. The lowest BCUT2D eigenvalue weighted by Crippen LogP contribution is -2.50. The van der Waals surface area contributed by atoms with Gasteiger partial charge in [-0.25, -0.2) is 4.68 Å². The zero-order valence-corrected chi connectivity index (χ0v) is 20.0. The van der Waals surface area contributed by atoms with Crippen molar-refractivity contribution in [2.75, 3.05) is 31.1 Å². The van der Waals surface area contributed by atoms with Crippen LogP contribution in [0, 0.1) is 0 Å². The molecule has 0 saturated carbocycles. The first-order chi connectivity index (χ1) is 18.2. The number of para-hydroxylation sites is 1. The normalized spacial score (nSPS) is 13.7. The SMILES string of the molecule is O=C(c1nn(Cc2ccccc2)c(=O)c2ccccc12)N1CCN(c2nnnn2-c2ccccc2)CC1. The summed E-state index contributed by atoms with van der Waals surface area (Å²) in [7, 11) is 0. The molecule has 2 aromatic heterocycles. The number of carbonyl (C=O) groups is 1. The number of tetrazole rings is 1. The molecule has 1 fully saturated rings. The number of hydrogen-bond acceptors (Lipinski definition) is 7. The highest BCUT2D eigenvalue weighted by Gasteiger charge is 2.28. The molecule has 0 aliphatic carbocycles. The van der Waals surface area contributed by atoms with E-state index in [1.165, 1.54) is 4.68 Å². The maximum absolute atomic E-state index is 13.7. The minimum Gasteiger partial charge on any atom is -0.336 e. The Morgan fingerprint density at radius 1 is 0.784 bits per heavy atom. The number of rotatable bonds is 5. The number of carbonyl (C=O) groups excluding carboxylic acids is 1. The quantitative estimate of drug-likeness (QED) is 0.371. The van der Waals surface area contributed by atoms with E-state index in [0.29, 0.717) is 49.4 Å². The van der Waals surface area contributed by atoms with Crippen molar-refractivity contribution >= 4 is 22.6 Å². The highest BCUT2D eigenvalue weighted by molar-refractivity contribution is 6.04. The third kappa shape index (κ3) is 4.33. The molecule has 10 heteroatoms. The van der Waals surface area contributed by atoms with Crippen LogP contribution in [0.4, 0.5) is 5.95 Å². The summed E-state index contributed by atoms with van der Waals surface area (Å²) in [6.07, 6.45) is 0. The average molecular weight is 493 g/mol. The Hall–Kier alpha value is -4.86. The number of nitrogens with zero attached hydrogens (tertiary/aromatic N) is 8. The molecule has 1 aliphatic rings. The molecular weight excluding hydrogens is 468 g/mol. The van der Waals surface area contributed by atoms with E-state index < -0.39 is 0 Å². The molecule has 3 aromatic carbocycles. The molecule has 5 aromatic rings. The van der Waals surface area contributed by atoms with Crippen LogP contribution in [0.25, 0.3) is 16.5 Å². The van der Waals surface area contributed by atoms with Crippen LogP contribution in [0.3, 0.4) is 0 Å². The van der Waals surface area contributed by atoms with Gasteiger partial charge in [0.1, 0.15) is 0 Å². The number of benzene rings is 3. The van der Waals surface area contributed by atoms with Gasteiger partial charge in [-0.2, -0.15) is 9.78 Å².